The smallest absolute Gasteiger partial charge is 0.323 e. The molecule has 0 fully saturated rings. The van der Waals surface area contributed by atoms with Crippen molar-refractivity contribution in [2.75, 3.05) is 22.7 Å². The van der Waals surface area contributed by atoms with Crippen molar-refractivity contribution in [1.29, 1.82) is 0 Å². The molecule has 7 heteroatoms. The predicted molar refractivity (Wildman–Crippen MR) is 86.0 cm³/mol. The zero-order valence-electron chi connectivity index (χ0n) is 12.4. The fourth-order valence-corrected chi connectivity index (χ4v) is 2.15. The summed E-state index contributed by atoms with van der Waals surface area (Å²) in [6.07, 6.45) is 0. The molecule has 0 bridgehead atoms. The summed E-state index contributed by atoms with van der Waals surface area (Å²) in [5.74, 6) is 1.07. The zero-order chi connectivity index (χ0) is 16.2. The number of fused-ring (bicyclic) bond motifs is 1. The number of benzene rings is 2. The van der Waals surface area contributed by atoms with E-state index in [-0.39, 0.29) is 12.7 Å². The van der Waals surface area contributed by atoms with Crippen LogP contribution in [0.5, 0.6) is 11.5 Å². The summed E-state index contributed by atoms with van der Waals surface area (Å²) in [5.41, 5.74) is 1.76. The molecular weight excluding hydrogens is 298 g/mol. The standard InChI is InChI=1S/C16H15N3O4/c1-10(20)17-11-3-2-4-12(7-11)18-16(21)19-13-5-6-14-15(8-13)23-9-22-14/h2-8H,9H2,1H3,(H,17,20)(H2,18,19,21). The predicted octanol–water partition coefficient (Wildman–Crippen LogP) is 3.02. The molecule has 2 aromatic rings. The van der Waals surface area contributed by atoms with Crippen molar-refractivity contribution < 1.29 is 19.1 Å². The first-order valence-electron chi connectivity index (χ1n) is 6.95. The third kappa shape index (κ3) is 3.70. The van der Waals surface area contributed by atoms with Gasteiger partial charge in [0.2, 0.25) is 12.7 Å². The monoisotopic (exact) mass is 313 g/mol. The highest BCUT2D eigenvalue weighted by Crippen LogP contribution is 2.34. The maximum absolute atomic E-state index is 12.0. The Balaban J connectivity index is 1.64. The van der Waals surface area contributed by atoms with Crippen LogP contribution in [-0.4, -0.2) is 18.7 Å². The van der Waals surface area contributed by atoms with Gasteiger partial charge in [0.05, 0.1) is 0 Å². The third-order valence-corrected chi connectivity index (χ3v) is 3.07. The summed E-state index contributed by atoms with van der Waals surface area (Å²) in [6, 6.07) is 11.6. The number of carbonyl (C=O) groups is 2. The average Bonchev–Trinajstić information content (AvgIpc) is 2.94. The second-order valence-corrected chi connectivity index (χ2v) is 4.91. The van der Waals surface area contributed by atoms with Gasteiger partial charge in [-0.15, -0.1) is 0 Å². The van der Waals surface area contributed by atoms with Gasteiger partial charge in [-0.3, -0.25) is 4.79 Å². The van der Waals surface area contributed by atoms with Gasteiger partial charge in [-0.05, 0) is 30.3 Å². The van der Waals surface area contributed by atoms with Crippen molar-refractivity contribution in [3.63, 3.8) is 0 Å². The molecule has 0 aliphatic carbocycles. The van der Waals surface area contributed by atoms with Gasteiger partial charge in [-0.1, -0.05) is 6.07 Å². The molecule has 23 heavy (non-hydrogen) atoms. The molecule has 2 aromatic carbocycles. The van der Waals surface area contributed by atoms with Crippen LogP contribution in [0, 0.1) is 0 Å². The van der Waals surface area contributed by atoms with Crippen molar-refractivity contribution in [3.05, 3.63) is 42.5 Å². The Morgan fingerprint density at radius 2 is 1.52 bits per heavy atom. The van der Waals surface area contributed by atoms with Gasteiger partial charge in [-0.25, -0.2) is 4.79 Å². The lowest BCUT2D eigenvalue weighted by molar-refractivity contribution is -0.114. The first kappa shape index (κ1) is 14.7. The van der Waals surface area contributed by atoms with Gasteiger partial charge in [0.15, 0.2) is 11.5 Å². The number of amides is 3. The molecule has 0 atom stereocenters. The summed E-state index contributed by atoms with van der Waals surface area (Å²) in [7, 11) is 0. The molecule has 1 heterocycles. The minimum atomic E-state index is -0.399. The molecule has 0 spiro atoms. The highest BCUT2D eigenvalue weighted by Gasteiger charge is 2.14. The van der Waals surface area contributed by atoms with E-state index in [0.29, 0.717) is 28.6 Å². The Bertz CT molecular complexity index is 761. The van der Waals surface area contributed by atoms with Gasteiger partial charge in [-0.2, -0.15) is 0 Å². The number of urea groups is 1. The number of nitrogens with one attached hydrogen (secondary N) is 3. The number of carbonyl (C=O) groups excluding carboxylic acids is 2. The van der Waals surface area contributed by atoms with Crippen LogP contribution in [0.3, 0.4) is 0 Å². The SMILES string of the molecule is CC(=O)Nc1cccc(NC(=O)Nc2ccc3c(c2)OCO3)c1. The molecule has 0 aromatic heterocycles. The minimum absolute atomic E-state index is 0.174. The van der Waals surface area contributed by atoms with Crippen molar-refractivity contribution in [2.45, 2.75) is 6.92 Å². The average molecular weight is 313 g/mol. The van der Waals surface area contributed by atoms with Crippen LogP contribution in [0.1, 0.15) is 6.92 Å². The largest absolute Gasteiger partial charge is 0.454 e. The highest BCUT2D eigenvalue weighted by atomic mass is 16.7. The Labute approximate surface area is 132 Å². The molecule has 118 valence electrons. The number of ether oxygens (including phenoxy) is 2. The van der Waals surface area contributed by atoms with Crippen LogP contribution in [0.4, 0.5) is 21.9 Å². The molecule has 0 unspecified atom stereocenters. The Hall–Kier alpha value is -3.22. The minimum Gasteiger partial charge on any atom is -0.454 e. The van der Waals surface area contributed by atoms with Crippen LogP contribution in [0.2, 0.25) is 0 Å². The number of rotatable bonds is 3. The molecule has 0 radical (unpaired) electrons. The quantitative estimate of drug-likeness (QED) is 0.812. The molecule has 1 aliphatic heterocycles. The first-order valence-corrected chi connectivity index (χ1v) is 6.95. The first-order chi connectivity index (χ1) is 11.1. The van der Waals surface area contributed by atoms with Crippen LogP contribution in [-0.2, 0) is 4.79 Å². The maximum atomic E-state index is 12.0. The van der Waals surface area contributed by atoms with Gasteiger partial charge < -0.3 is 25.4 Å². The molecule has 3 amide bonds. The van der Waals surface area contributed by atoms with Gasteiger partial charge >= 0.3 is 6.03 Å². The van der Waals surface area contributed by atoms with Crippen LogP contribution in [0.15, 0.2) is 42.5 Å². The normalized spacial score (nSPS) is 11.7. The molecule has 7 nitrogen and oxygen atoms in total. The van der Waals surface area contributed by atoms with E-state index in [4.69, 9.17) is 9.47 Å². The third-order valence-electron chi connectivity index (χ3n) is 3.07. The van der Waals surface area contributed by atoms with Gasteiger partial charge in [0, 0.05) is 30.1 Å². The van der Waals surface area contributed by atoms with E-state index in [1.807, 2.05) is 0 Å². The van der Waals surface area contributed by atoms with Gasteiger partial charge in [0.1, 0.15) is 0 Å². The molecule has 0 saturated carbocycles. The van der Waals surface area contributed by atoms with Crippen molar-refractivity contribution in [2.24, 2.45) is 0 Å². The Morgan fingerprint density at radius 3 is 2.26 bits per heavy atom. The molecular formula is C16H15N3O4. The van der Waals surface area contributed by atoms with Crippen molar-refractivity contribution in [1.82, 2.24) is 0 Å². The lowest BCUT2D eigenvalue weighted by Gasteiger charge is -2.09. The fraction of sp³-hybridized carbons (Fsp3) is 0.125. The molecule has 1 aliphatic rings. The summed E-state index contributed by atoms with van der Waals surface area (Å²) in [4.78, 5) is 23.1. The molecule has 0 saturated heterocycles. The van der Waals surface area contributed by atoms with Crippen molar-refractivity contribution in [3.8, 4) is 11.5 Å². The lowest BCUT2D eigenvalue weighted by Crippen LogP contribution is -2.19. The van der Waals surface area contributed by atoms with E-state index in [1.54, 1.807) is 42.5 Å². The second kappa shape index (κ2) is 6.27. The number of hydrogen-bond acceptors (Lipinski definition) is 4. The van der Waals surface area contributed by atoms with Crippen LogP contribution >= 0.6 is 0 Å². The summed E-state index contributed by atoms with van der Waals surface area (Å²) in [6.45, 7) is 1.60. The van der Waals surface area contributed by atoms with E-state index < -0.39 is 6.03 Å². The number of hydrogen-bond donors (Lipinski definition) is 3. The maximum Gasteiger partial charge on any atom is 0.323 e. The van der Waals surface area contributed by atoms with E-state index in [2.05, 4.69) is 16.0 Å². The van der Waals surface area contributed by atoms with E-state index >= 15 is 0 Å². The van der Waals surface area contributed by atoms with Crippen molar-refractivity contribution >= 4 is 29.0 Å². The van der Waals surface area contributed by atoms with Gasteiger partial charge in [0.25, 0.3) is 0 Å². The zero-order valence-corrected chi connectivity index (χ0v) is 12.4. The van der Waals surface area contributed by atoms with Crippen LogP contribution < -0.4 is 25.4 Å². The highest BCUT2D eigenvalue weighted by molar-refractivity contribution is 6.00. The number of anilines is 3. The Morgan fingerprint density at radius 1 is 0.870 bits per heavy atom. The topological polar surface area (TPSA) is 88.7 Å². The summed E-state index contributed by atoms with van der Waals surface area (Å²) >= 11 is 0. The lowest BCUT2D eigenvalue weighted by atomic mass is 10.2. The Kier molecular flexibility index (Phi) is 4.01. The summed E-state index contributed by atoms with van der Waals surface area (Å²) in [5, 5.41) is 8.06. The van der Waals surface area contributed by atoms with E-state index in [1.165, 1.54) is 6.92 Å². The van der Waals surface area contributed by atoms with E-state index in [0.717, 1.165) is 0 Å². The fourth-order valence-electron chi connectivity index (χ4n) is 2.15. The summed E-state index contributed by atoms with van der Waals surface area (Å²) < 4.78 is 10.5. The van der Waals surface area contributed by atoms with Crippen LogP contribution in [0.25, 0.3) is 0 Å². The molecule has 3 rings (SSSR count). The van der Waals surface area contributed by atoms with E-state index in [9.17, 15) is 9.59 Å². The molecule has 3 N–H and O–H groups in total. The second-order valence-electron chi connectivity index (χ2n) is 4.91.